The number of nitrogens with zero attached hydrogens (tertiary/aromatic N) is 1. The van der Waals surface area contributed by atoms with Gasteiger partial charge in [0.05, 0.1) is 43.3 Å². The maximum absolute atomic E-state index is 12.7. The fraction of sp³-hybridized carbons (Fsp3) is 0.667. The van der Waals surface area contributed by atoms with Crippen molar-refractivity contribution in [2.24, 2.45) is 0 Å². The minimum atomic E-state index is -3.43. The van der Waals surface area contributed by atoms with Crippen molar-refractivity contribution in [1.82, 2.24) is 4.31 Å². The molecule has 0 bridgehead atoms. The predicted molar refractivity (Wildman–Crippen MR) is 97.2 cm³/mol. The van der Waals surface area contributed by atoms with E-state index in [0.29, 0.717) is 44.2 Å². The summed E-state index contributed by atoms with van der Waals surface area (Å²) >= 11 is 0. The van der Waals surface area contributed by atoms with Gasteiger partial charge >= 0.3 is 0 Å². The Kier molecular flexibility index (Phi) is 6.62. The molecule has 1 aliphatic rings. The van der Waals surface area contributed by atoms with Crippen molar-refractivity contribution >= 4 is 10.0 Å². The van der Waals surface area contributed by atoms with Crippen LogP contribution in [0.3, 0.4) is 0 Å². The second kappa shape index (κ2) is 8.14. The number of aliphatic hydroxyl groups is 1. The van der Waals surface area contributed by atoms with Gasteiger partial charge in [0.25, 0.3) is 0 Å². The van der Waals surface area contributed by atoms with Gasteiger partial charge in [0.1, 0.15) is 12.6 Å². The molecule has 0 unspecified atom stereocenters. The minimum absolute atomic E-state index is 0.267. The molecule has 1 atom stereocenters. The Bertz CT molecular complexity index is 645. The molecule has 2 N–H and O–H groups in total. The van der Waals surface area contributed by atoms with Crippen LogP contribution < -0.4 is 4.90 Å². The lowest BCUT2D eigenvalue weighted by molar-refractivity contribution is -0.906. The lowest BCUT2D eigenvalue weighted by Gasteiger charge is -2.32. The lowest BCUT2D eigenvalue weighted by atomic mass is 10.2. The van der Waals surface area contributed by atoms with Gasteiger partial charge in [0, 0.05) is 0 Å². The van der Waals surface area contributed by atoms with Crippen molar-refractivity contribution in [1.29, 1.82) is 0 Å². The smallest absolute Gasteiger partial charge is 0.243 e. The van der Waals surface area contributed by atoms with Gasteiger partial charge in [0.2, 0.25) is 10.0 Å². The molecule has 1 saturated heterocycles. The topological polar surface area (TPSA) is 71.3 Å². The maximum Gasteiger partial charge on any atom is 0.243 e. The van der Waals surface area contributed by atoms with E-state index >= 15 is 0 Å². The fourth-order valence-electron chi connectivity index (χ4n) is 2.84. The summed E-state index contributed by atoms with van der Waals surface area (Å²) in [4.78, 5) is 1.56. The summed E-state index contributed by atoms with van der Waals surface area (Å²) in [6, 6.07) is 6.97. The monoisotopic (exact) mass is 371 g/mol. The number of sulfonamides is 1. The minimum Gasteiger partial charge on any atom is -0.385 e. The first-order valence-electron chi connectivity index (χ1n) is 8.80. The number of ether oxygens (including phenoxy) is 1. The molecule has 0 saturated carbocycles. The molecular weight excluding hydrogens is 340 g/mol. The van der Waals surface area contributed by atoms with E-state index in [4.69, 9.17) is 4.74 Å². The third-order valence-corrected chi connectivity index (χ3v) is 6.23. The molecule has 0 spiro atoms. The Labute approximate surface area is 151 Å². The Hall–Kier alpha value is -0.990. The molecule has 0 aromatic heterocycles. The molecular formula is C18H31N2O4S+. The van der Waals surface area contributed by atoms with Gasteiger partial charge in [-0.05, 0) is 39.8 Å². The molecule has 0 aliphatic carbocycles. The predicted octanol–water partition coefficient (Wildman–Crippen LogP) is 0.0602. The summed E-state index contributed by atoms with van der Waals surface area (Å²) in [5.41, 5.74) is 0.775. The summed E-state index contributed by atoms with van der Waals surface area (Å²) in [5.74, 6) is 0. The van der Waals surface area contributed by atoms with Crippen molar-refractivity contribution in [2.75, 3.05) is 39.3 Å². The van der Waals surface area contributed by atoms with Crippen LogP contribution in [0.2, 0.25) is 0 Å². The summed E-state index contributed by atoms with van der Waals surface area (Å²) in [6.07, 6.45) is -0.533. The number of hydrogen-bond acceptors (Lipinski definition) is 4. The Morgan fingerprint density at radius 3 is 2.28 bits per heavy atom. The van der Waals surface area contributed by atoms with E-state index in [1.807, 2.05) is 39.8 Å². The highest BCUT2D eigenvalue weighted by Crippen LogP contribution is 2.16. The molecule has 0 radical (unpaired) electrons. The van der Waals surface area contributed by atoms with Gasteiger partial charge in [-0.2, -0.15) is 4.31 Å². The zero-order chi connectivity index (χ0) is 18.7. The molecule has 1 fully saturated rings. The molecule has 1 aliphatic heterocycles. The highest BCUT2D eigenvalue weighted by Gasteiger charge is 2.31. The number of piperazine rings is 1. The van der Waals surface area contributed by atoms with Crippen molar-refractivity contribution < 1.29 is 23.2 Å². The summed E-state index contributed by atoms with van der Waals surface area (Å²) in [6.45, 7) is 11.0. The van der Waals surface area contributed by atoms with Gasteiger partial charge in [-0.1, -0.05) is 17.7 Å². The van der Waals surface area contributed by atoms with Crippen LogP contribution in [0.5, 0.6) is 0 Å². The van der Waals surface area contributed by atoms with Crippen LogP contribution in [0.1, 0.15) is 26.3 Å². The number of benzene rings is 1. The fourth-order valence-corrected chi connectivity index (χ4v) is 4.29. The number of quaternary nitrogens is 1. The first kappa shape index (κ1) is 20.3. The van der Waals surface area contributed by atoms with Crippen LogP contribution in [0.25, 0.3) is 0 Å². The number of aliphatic hydroxyl groups excluding tert-OH is 1. The number of aryl methyl sites for hydroxylation is 1. The van der Waals surface area contributed by atoms with Crippen LogP contribution >= 0.6 is 0 Å². The molecule has 1 aromatic rings. The second-order valence-corrected chi connectivity index (χ2v) is 9.69. The highest BCUT2D eigenvalue weighted by molar-refractivity contribution is 7.89. The average Bonchev–Trinajstić information content (AvgIpc) is 2.53. The molecule has 7 heteroatoms. The van der Waals surface area contributed by atoms with E-state index in [2.05, 4.69) is 0 Å². The first-order valence-corrected chi connectivity index (χ1v) is 10.2. The summed E-state index contributed by atoms with van der Waals surface area (Å²) in [7, 11) is -3.43. The quantitative estimate of drug-likeness (QED) is 0.742. The van der Waals surface area contributed by atoms with E-state index in [1.54, 1.807) is 16.4 Å². The standard InChI is InChI=1S/C18H30N2O4S/c1-15-5-7-17(8-6-15)25(22,23)20-11-9-19(10-12-20)13-16(21)14-24-18(2,3)4/h5-8,16,21H,9-14H2,1-4H3/p+1/t16-/m1/s1. The van der Waals surface area contributed by atoms with Crippen molar-refractivity contribution in [2.45, 2.75) is 44.3 Å². The van der Waals surface area contributed by atoms with Crippen LogP contribution in [0, 0.1) is 6.92 Å². The zero-order valence-corrected chi connectivity index (χ0v) is 16.5. The summed E-state index contributed by atoms with van der Waals surface area (Å²) < 4.78 is 32.5. The van der Waals surface area contributed by atoms with Crippen LogP contribution in [-0.2, 0) is 14.8 Å². The number of rotatable bonds is 6. The normalized spacial score (nSPS) is 19.1. The van der Waals surface area contributed by atoms with Gasteiger partial charge < -0.3 is 14.7 Å². The first-order chi connectivity index (χ1) is 11.6. The van der Waals surface area contributed by atoms with Crippen LogP contribution in [-0.4, -0.2) is 68.9 Å². The highest BCUT2D eigenvalue weighted by atomic mass is 32.2. The van der Waals surface area contributed by atoms with E-state index in [9.17, 15) is 13.5 Å². The van der Waals surface area contributed by atoms with Crippen LogP contribution in [0.15, 0.2) is 29.2 Å². The van der Waals surface area contributed by atoms with Crippen molar-refractivity contribution in [3.8, 4) is 0 Å². The molecule has 1 heterocycles. The summed E-state index contributed by atoms with van der Waals surface area (Å²) in [5, 5.41) is 10.1. The van der Waals surface area contributed by atoms with E-state index in [-0.39, 0.29) is 5.60 Å². The molecule has 0 amide bonds. The van der Waals surface area contributed by atoms with E-state index in [1.165, 1.54) is 4.90 Å². The molecule has 2 rings (SSSR count). The van der Waals surface area contributed by atoms with Crippen molar-refractivity contribution in [3.63, 3.8) is 0 Å². The van der Waals surface area contributed by atoms with Gasteiger partial charge in [0.15, 0.2) is 0 Å². The third-order valence-electron chi connectivity index (χ3n) is 4.32. The van der Waals surface area contributed by atoms with Gasteiger partial charge in [-0.3, -0.25) is 0 Å². The van der Waals surface area contributed by atoms with E-state index in [0.717, 1.165) is 5.56 Å². The van der Waals surface area contributed by atoms with E-state index < -0.39 is 16.1 Å². The average molecular weight is 372 g/mol. The SMILES string of the molecule is Cc1ccc(S(=O)(=O)N2CC[NH+](C[C@@H](O)COC(C)(C)C)CC2)cc1. The van der Waals surface area contributed by atoms with Gasteiger partial charge in [-0.15, -0.1) is 0 Å². The van der Waals surface area contributed by atoms with Crippen molar-refractivity contribution in [3.05, 3.63) is 29.8 Å². The number of nitrogens with one attached hydrogen (secondary N) is 1. The number of hydrogen-bond donors (Lipinski definition) is 2. The second-order valence-electron chi connectivity index (χ2n) is 7.75. The van der Waals surface area contributed by atoms with Crippen LogP contribution in [0.4, 0.5) is 0 Å². The largest absolute Gasteiger partial charge is 0.385 e. The Balaban J connectivity index is 1.85. The lowest BCUT2D eigenvalue weighted by Crippen LogP contribution is -3.15. The Morgan fingerprint density at radius 1 is 1.20 bits per heavy atom. The maximum atomic E-state index is 12.7. The molecule has 1 aromatic carbocycles. The molecule has 142 valence electrons. The zero-order valence-electron chi connectivity index (χ0n) is 15.7. The Morgan fingerprint density at radius 2 is 1.76 bits per heavy atom. The molecule has 25 heavy (non-hydrogen) atoms. The molecule has 6 nitrogen and oxygen atoms in total. The van der Waals surface area contributed by atoms with Gasteiger partial charge in [-0.25, -0.2) is 8.42 Å². The third kappa shape index (κ3) is 6.04.